The fourth-order valence-corrected chi connectivity index (χ4v) is 4.02. The molecule has 1 aliphatic carbocycles. The van der Waals surface area contributed by atoms with Crippen LogP contribution in [-0.2, 0) is 9.53 Å². The van der Waals surface area contributed by atoms with E-state index in [1.807, 2.05) is 0 Å². The third-order valence-corrected chi connectivity index (χ3v) is 4.99. The molecule has 0 amide bonds. The zero-order valence-electron chi connectivity index (χ0n) is 11.1. The van der Waals surface area contributed by atoms with Gasteiger partial charge in [0.25, 0.3) is 0 Å². The van der Waals surface area contributed by atoms with E-state index in [0.29, 0.717) is 24.2 Å². The summed E-state index contributed by atoms with van der Waals surface area (Å²) in [6, 6.07) is 0. The summed E-state index contributed by atoms with van der Waals surface area (Å²) in [5.74, 6) is 2.59. The largest absolute Gasteiger partial charge is 0.461 e. The van der Waals surface area contributed by atoms with E-state index in [4.69, 9.17) is 4.74 Å². The Morgan fingerprint density at radius 2 is 2.06 bits per heavy atom. The summed E-state index contributed by atoms with van der Waals surface area (Å²) in [5.41, 5.74) is 0. The number of thiol groups is 1. The minimum Gasteiger partial charge on any atom is -0.461 e. The average molecular weight is 256 g/mol. The SMILES string of the molecule is CC1CCC(C(C)C)C([C@@H]2OC(=O)C[C@H]2S)C1. The van der Waals surface area contributed by atoms with E-state index in [-0.39, 0.29) is 17.3 Å². The van der Waals surface area contributed by atoms with Crippen molar-refractivity contribution >= 4 is 18.6 Å². The molecule has 0 aromatic rings. The van der Waals surface area contributed by atoms with Crippen LogP contribution >= 0.6 is 12.6 Å². The molecule has 0 bridgehead atoms. The molecule has 2 fully saturated rings. The third kappa shape index (κ3) is 2.81. The Bertz CT molecular complexity index is 290. The van der Waals surface area contributed by atoms with Crippen LogP contribution in [0.25, 0.3) is 0 Å². The molecule has 1 saturated carbocycles. The van der Waals surface area contributed by atoms with E-state index in [0.717, 1.165) is 5.92 Å². The zero-order valence-corrected chi connectivity index (χ0v) is 12.0. The Balaban J connectivity index is 2.11. The maximum absolute atomic E-state index is 11.4. The number of cyclic esters (lactones) is 1. The summed E-state index contributed by atoms with van der Waals surface area (Å²) in [4.78, 5) is 11.4. The van der Waals surface area contributed by atoms with E-state index in [9.17, 15) is 4.79 Å². The van der Waals surface area contributed by atoms with Gasteiger partial charge in [0.15, 0.2) is 0 Å². The van der Waals surface area contributed by atoms with Crippen molar-refractivity contribution in [2.75, 3.05) is 0 Å². The molecule has 1 aliphatic heterocycles. The lowest BCUT2D eigenvalue weighted by molar-refractivity contribution is -0.145. The molecular weight excluding hydrogens is 232 g/mol. The first-order valence-corrected chi connectivity index (χ1v) is 7.38. The third-order valence-electron chi connectivity index (χ3n) is 4.52. The monoisotopic (exact) mass is 256 g/mol. The van der Waals surface area contributed by atoms with Crippen LogP contribution in [0, 0.1) is 23.7 Å². The van der Waals surface area contributed by atoms with Gasteiger partial charge in [-0.1, -0.05) is 27.2 Å². The highest BCUT2D eigenvalue weighted by molar-refractivity contribution is 7.81. The average Bonchev–Trinajstić information content (AvgIpc) is 2.57. The van der Waals surface area contributed by atoms with Crippen molar-refractivity contribution < 1.29 is 9.53 Å². The molecule has 2 rings (SSSR count). The van der Waals surface area contributed by atoms with Gasteiger partial charge in [0.05, 0.1) is 6.42 Å². The molecule has 98 valence electrons. The highest BCUT2D eigenvalue weighted by Crippen LogP contribution is 2.43. The molecule has 0 radical (unpaired) electrons. The van der Waals surface area contributed by atoms with Crippen LogP contribution in [0.5, 0.6) is 0 Å². The molecule has 0 aromatic carbocycles. The normalized spacial score (nSPS) is 42.9. The minimum atomic E-state index is -0.0595. The van der Waals surface area contributed by atoms with Gasteiger partial charge in [0, 0.05) is 11.2 Å². The molecule has 5 atom stereocenters. The summed E-state index contributed by atoms with van der Waals surface area (Å²) < 4.78 is 5.53. The van der Waals surface area contributed by atoms with Gasteiger partial charge in [-0.05, 0) is 30.6 Å². The molecular formula is C14H24O2S. The van der Waals surface area contributed by atoms with Gasteiger partial charge in [-0.15, -0.1) is 0 Å². The van der Waals surface area contributed by atoms with Gasteiger partial charge in [0.1, 0.15) is 6.10 Å². The van der Waals surface area contributed by atoms with Crippen molar-refractivity contribution in [1.29, 1.82) is 0 Å². The van der Waals surface area contributed by atoms with Gasteiger partial charge in [-0.25, -0.2) is 0 Å². The number of rotatable bonds is 2. The Labute approximate surface area is 110 Å². The first-order chi connectivity index (χ1) is 7.99. The Morgan fingerprint density at radius 3 is 2.59 bits per heavy atom. The molecule has 0 spiro atoms. The number of hydrogen-bond acceptors (Lipinski definition) is 3. The maximum atomic E-state index is 11.4. The van der Waals surface area contributed by atoms with Crippen LogP contribution in [0.2, 0.25) is 0 Å². The standard InChI is InChI=1S/C14H24O2S/c1-8(2)10-5-4-9(3)6-11(10)14-12(17)7-13(15)16-14/h8-12,14,17H,4-7H2,1-3H3/t9?,10?,11?,12-,14+/m1/s1. The summed E-state index contributed by atoms with van der Waals surface area (Å²) >= 11 is 4.55. The number of hydrogen-bond donors (Lipinski definition) is 1. The van der Waals surface area contributed by atoms with Crippen LogP contribution < -0.4 is 0 Å². The van der Waals surface area contributed by atoms with Gasteiger partial charge < -0.3 is 4.74 Å². The lowest BCUT2D eigenvalue weighted by atomic mass is 9.67. The molecule has 17 heavy (non-hydrogen) atoms. The predicted octanol–water partition coefficient (Wildman–Crippen LogP) is 3.31. The molecule has 0 N–H and O–H groups in total. The highest BCUT2D eigenvalue weighted by Gasteiger charge is 2.44. The van der Waals surface area contributed by atoms with Crippen LogP contribution in [0.1, 0.15) is 46.5 Å². The van der Waals surface area contributed by atoms with Crippen LogP contribution in [-0.4, -0.2) is 17.3 Å². The molecule has 3 heteroatoms. The summed E-state index contributed by atoms with van der Waals surface area (Å²) in [6.45, 7) is 6.89. The first-order valence-electron chi connectivity index (χ1n) is 6.86. The first kappa shape index (κ1) is 13.3. The molecule has 2 aliphatic rings. The fourth-order valence-electron chi connectivity index (χ4n) is 3.59. The van der Waals surface area contributed by atoms with Gasteiger partial charge in [0.2, 0.25) is 0 Å². The van der Waals surface area contributed by atoms with Gasteiger partial charge in [-0.3, -0.25) is 4.79 Å². The molecule has 1 saturated heterocycles. The van der Waals surface area contributed by atoms with Crippen molar-refractivity contribution in [3.63, 3.8) is 0 Å². The number of carbonyl (C=O) groups is 1. The zero-order chi connectivity index (χ0) is 12.6. The van der Waals surface area contributed by atoms with E-state index in [1.54, 1.807) is 0 Å². The summed E-state index contributed by atoms with van der Waals surface area (Å²) in [6.07, 6.45) is 4.33. The predicted molar refractivity (Wildman–Crippen MR) is 72.1 cm³/mol. The van der Waals surface area contributed by atoms with Crippen molar-refractivity contribution in [2.45, 2.75) is 57.8 Å². The van der Waals surface area contributed by atoms with Crippen molar-refractivity contribution in [3.05, 3.63) is 0 Å². The molecule has 2 nitrogen and oxygen atoms in total. The number of carbonyl (C=O) groups excluding carboxylic acids is 1. The fraction of sp³-hybridized carbons (Fsp3) is 0.929. The van der Waals surface area contributed by atoms with Crippen LogP contribution in [0.15, 0.2) is 0 Å². The lowest BCUT2D eigenvalue weighted by Gasteiger charge is -2.40. The number of ether oxygens (including phenoxy) is 1. The van der Waals surface area contributed by atoms with Crippen molar-refractivity contribution in [1.82, 2.24) is 0 Å². The van der Waals surface area contributed by atoms with E-state index < -0.39 is 0 Å². The van der Waals surface area contributed by atoms with E-state index in [2.05, 4.69) is 33.4 Å². The van der Waals surface area contributed by atoms with Crippen molar-refractivity contribution in [2.24, 2.45) is 23.7 Å². The van der Waals surface area contributed by atoms with Gasteiger partial charge in [-0.2, -0.15) is 12.6 Å². The Kier molecular flexibility index (Phi) is 4.06. The molecule has 0 aromatic heterocycles. The smallest absolute Gasteiger partial charge is 0.307 e. The topological polar surface area (TPSA) is 26.3 Å². The van der Waals surface area contributed by atoms with Crippen LogP contribution in [0.3, 0.4) is 0 Å². The second-order valence-electron chi connectivity index (χ2n) is 6.22. The van der Waals surface area contributed by atoms with Gasteiger partial charge >= 0.3 is 5.97 Å². The van der Waals surface area contributed by atoms with E-state index >= 15 is 0 Å². The highest BCUT2D eigenvalue weighted by atomic mass is 32.1. The maximum Gasteiger partial charge on any atom is 0.307 e. The number of esters is 1. The molecule has 1 heterocycles. The second-order valence-corrected chi connectivity index (χ2v) is 6.88. The Hall–Kier alpha value is -0.180. The quantitative estimate of drug-likeness (QED) is 0.606. The van der Waals surface area contributed by atoms with Crippen LogP contribution in [0.4, 0.5) is 0 Å². The molecule has 3 unspecified atom stereocenters. The minimum absolute atomic E-state index is 0.0565. The summed E-state index contributed by atoms with van der Waals surface area (Å²) in [5, 5.41) is 0.110. The second kappa shape index (κ2) is 5.21. The Morgan fingerprint density at radius 1 is 1.35 bits per heavy atom. The summed E-state index contributed by atoms with van der Waals surface area (Å²) in [7, 11) is 0. The lowest BCUT2D eigenvalue weighted by Crippen LogP contribution is -2.39. The van der Waals surface area contributed by atoms with Crippen molar-refractivity contribution in [3.8, 4) is 0 Å². The van der Waals surface area contributed by atoms with E-state index in [1.165, 1.54) is 19.3 Å².